The van der Waals surface area contributed by atoms with E-state index in [-0.39, 0.29) is 6.61 Å². The fourth-order valence-corrected chi connectivity index (χ4v) is 3.17. The maximum absolute atomic E-state index is 5.89. The summed E-state index contributed by atoms with van der Waals surface area (Å²) in [6.45, 7) is 4.01. The van der Waals surface area contributed by atoms with E-state index in [1.54, 1.807) is 7.11 Å². The molecule has 1 heterocycles. The van der Waals surface area contributed by atoms with Gasteiger partial charge in [-0.2, -0.15) is 0 Å². The topological polar surface area (TPSA) is 49.2 Å². The van der Waals surface area contributed by atoms with Crippen molar-refractivity contribution < 1.29 is 9.47 Å². The minimum absolute atomic E-state index is 0.288. The molecule has 0 unspecified atom stereocenters. The molecular formula is C19H18ClN3O2S. The van der Waals surface area contributed by atoms with Gasteiger partial charge in [-0.25, -0.2) is 0 Å². The molecular weight excluding hydrogens is 370 g/mol. The van der Waals surface area contributed by atoms with Crippen LogP contribution >= 0.6 is 23.4 Å². The van der Waals surface area contributed by atoms with Crippen molar-refractivity contribution >= 4 is 23.4 Å². The molecule has 0 saturated heterocycles. The van der Waals surface area contributed by atoms with Gasteiger partial charge >= 0.3 is 0 Å². The van der Waals surface area contributed by atoms with E-state index >= 15 is 0 Å². The van der Waals surface area contributed by atoms with E-state index in [2.05, 4.69) is 16.8 Å². The highest BCUT2D eigenvalue weighted by atomic mass is 35.5. The van der Waals surface area contributed by atoms with E-state index in [9.17, 15) is 0 Å². The lowest BCUT2D eigenvalue weighted by molar-refractivity contribution is 0.292. The Kier molecular flexibility index (Phi) is 6.20. The standard InChI is InChI=1S/C19H18ClN3O2S/c1-14(20)13-26-19-22-21-18(23(19)15-6-4-3-5-7-15)12-25-17-10-8-16(24-2)9-11-17/h3-11H,1,12-13H2,2H3. The Morgan fingerprint density at radius 2 is 1.77 bits per heavy atom. The summed E-state index contributed by atoms with van der Waals surface area (Å²) in [4.78, 5) is 0. The van der Waals surface area contributed by atoms with Gasteiger partial charge in [0, 0.05) is 16.5 Å². The lowest BCUT2D eigenvalue weighted by Gasteiger charge is -2.11. The molecule has 0 saturated carbocycles. The molecule has 134 valence electrons. The number of hydrogen-bond donors (Lipinski definition) is 0. The number of methoxy groups -OCH3 is 1. The van der Waals surface area contributed by atoms with Crippen molar-refractivity contribution in [3.05, 3.63) is 72.0 Å². The Hall–Kier alpha value is -2.44. The summed E-state index contributed by atoms with van der Waals surface area (Å²) in [5.41, 5.74) is 0.966. The summed E-state index contributed by atoms with van der Waals surface area (Å²) in [5, 5.41) is 9.87. The third kappa shape index (κ3) is 4.59. The van der Waals surface area contributed by atoms with Crippen molar-refractivity contribution in [3.8, 4) is 17.2 Å². The van der Waals surface area contributed by atoms with Crippen LogP contribution in [0, 0.1) is 0 Å². The maximum Gasteiger partial charge on any atom is 0.196 e. The number of hydrogen-bond acceptors (Lipinski definition) is 5. The summed E-state index contributed by atoms with van der Waals surface area (Å²) in [6, 6.07) is 17.3. The van der Waals surface area contributed by atoms with Crippen LogP contribution in [0.3, 0.4) is 0 Å². The average Bonchev–Trinajstić information content (AvgIpc) is 3.08. The van der Waals surface area contributed by atoms with Gasteiger partial charge in [0.2, 0.25) is 0 Å². The van der Waals surface area contributed by atoms with Crippen molar-refractivity contribution in [2.75, 3.05) is 12.9 Å². The number of para-hydroxylation sites is 1. The zero-order chi connectivity index (χ0) is 18.4. The first-order valence-electron chi connectivity index (χ1n) is 7.90. The van der Waals surface area contributed by atoms with Gasteiger partial charge in [0.15, 0.2) is 11.0 Å². The molecule has 26 heavy (non-hydrogen) atoms. The predicted molar refractivity (Wildman–Crippen MR) is 104 cm³/mol. The minimum atomic E-state index is 0.288. The van der Waals surface area contributed by atoms with Crippen LogP contribution in [0.4, 0.5) is 0 Å². The summed E-state index contributed by atoms with van der Waals surface area (Å²) in [6.07, 6.45) is 0. The molecule has 7 heteroatoms. The lowest BCUT2D eigenvalue weighted by atomic mass is 10.3. The van der Waals surface area contributed by atoms with Gasteiger partial charge in [-0.3, -0.25) is 4.57 Å². The maximum atomic E-state index is 5.89. The Balaban J connectivity index is 1.82. The van der Waals surface area contributed by atoms with Gasteiger partial charge in [0.1, 0.15) is 18.1 Å². The number of rotatable bonds is 8. The molecule has 0 fully saturated rings. The molecule has 0 aliphatic heterocycles. The van der Waals surface area contributed by atoms with Crippen molar-refractivity contribution in [3.63, 3.8) is 0 Å². The van der Waals surface area contributed by atoms with E-state index in [1.807, 2.05) is 59.2 Å². The quantitative estimate of drug-likeness (QED) is 0.524. The first-order chi connectivity index (χ1) is 12.7. The highest BCUT2D eigenvalue weighted by molar-refractivity contribution is 7.99. The molecule has 0 radical (unpaired) electrons. The Labute approximate surface area is 161 Å². The second kappa shape index (κ2) is 8.78. The number of benzene rings is 2. The first-order valence-corrected chi connectivity index (χ1v) is 9.26. The van der Waals surface area contributed by atoms with Crippen LogP contribution in [-0.2, 0) is 6.61 Å². The van der Waals surface area contributed by atoms with Gasteiger partial charge in [-0.1, -0.05) is 48.1 Å². The van der Waals surface area contributed by atoms with Crippen LogP contribution in [0.15, 0.2) is 71.4 Å². The molecule has 0 atom stereocenters. The van der Waals surface area contributed by atoms with Crippen LogP contribution in [0.25, 0.3) is 5.69 Å². The Morgan fingerprint density at radius 1 is 1.08 bits per heavy atom. The molecule has 0 amide bonds. The van der Waals surface area contributed by atoms with Crippen LogP contribution < -0.4 is 9.47 Å². The number of halogens is 1. The van der Waals surface area contributed by atoms with Gasteiger partial charge in [0.25, 0.3) is 0 Å². The highest BCUT2D eigenvalue weighted by Gasteiger charge is 2.15. The fourth-order valence-electron chi connectivity index (χ4n) is 2.29. The SMILES string of the molecule is C=C(Cl)CSc1nnc(COc2ccc(OC)cc2)n1-c1ccccc1. The summed E-state index contributed by atoms with van der Waals surface area (Å²) >= 11 is 7.37. The number of ether oxygens (including phenoxy) is 2. The van der Waals surface area contributed by atoms with Gasteiger partial charge in [-0.05, 0) is 36.4 Å². The zero-order valence-electron chi connectivity index (χ0n) is 14.3. The second-order valence-corrected chi connectivity index (χ2v) is 6.82. The van der Waals surface area contributed by atoms with E-state index in [0.717, 1.165) is 22.3 Å². The second-order valence-electron chi connectivity index (χ2n) is 5.34. The van der Waals surface area contributed by atoms with Gasteiger partial charge in [-0.15, -0.1) is 10.2 Å². The van der Waals surface area contributed by atoms with E-state index in [0.29, 0.717) is 16.6 Å². The van der Waals surface area contributed by atoms with Gasteiger partial charge < -0.3 is 9.47 Å². The monoisotopic (exact) mass is 387 g/mol. The molecule has 3 rings (SSSR count). The third-order valence-corrected chi connectivity index (χ3v) is 4.81. The average molecular weight is 388 g/mol. The zero-order valence-corrected chi connectivity index (χ0v) is 15.8. The van der Waals surface area contributed by atoms with Crippen molar-refractivity contribution in [2.24, 2.45) is 0 Å². The smallest absolute Gasteiger partial charge is 0.196 e. The highest BCUT2D eigenvalue weighted by Crippen LogP contribution is 2.25. The summed E-state index contributed by atoms with van der Waals surface area (Å²) < 4.78 is 13.0. The molecule has 0 aliphatic rings. The molecule has 0 spiro atoms. The van der Waals surface area contributed by atoms with E-state index in [1.165, 1.54) is 11.8 Å². The normalized spacial score (nSPS) is 10.5. The van der Waals surface area contributed by atoms with Crippen LogP contribution in [-0.4, -0.2) is 27.6 Å². The minimum Gasteiger partial charge on any atom is -0.497 e. The summed E-state index contributed by atoms with van der Waals surface area (Å²) in [7, 11) is 1.63. The Bertz CT molecular complexity index is 866. The van der Waals surface area contributed by atoms with Crippen LogP contribution in [0.5, 0.6) is 11.5 Å². The first kappa shape index (κ1) is 18.4. The fraction of sp³-hybridized carbons (Fsp3) is 0.158. The predicted octanol–water partition coefficient (Wildman–Crippen LogP) is 4.70. The van der Waals surface area contributed by atoms with Crippen LogP contribution in [0.1, 0.15) is 5.82 Å². The molecule has 0 aliphatic carbocycles. The molecule has 2 aromatic carbocycles. The summed E-state index contributed by atoms with van der Waals surface area (Å²) in [5.74, 6) is 2.78. The lowest BCUT2D eigenvalue weighted by Crippen LogP contribution is -2.06. The largest absolute Gasteiger partial charge is 0.497 e. The number of thioether (sulfide) groups is 1. The van der Waals surface area contributed by atoms with Crippen molar-refractivity contribution in [1.82, 2.24) is 14.8 Å². The van der Waals surface area contributed by atoms with E-state index in [4.69, 9.17) is 21.1 Å². The molecule has 5 nitrogen and oxygen atoms in total. The third-order valence-electron chi connectivity index (χ3n) is 3.50. The Morgan fingerprint density at radius 3 is 2.42 bits per heavy atom. The van der Waals surface area contributed by atoms with Crippen molar-refractivity contribution in [1.29, 1.82) is 0 Å². The van der Waals surface area contributed by atoms with E-state index < -0.39 is 0 Å². The number of nitrogens with zero attached hydrogens (tertiary/aromatic N) is 3. The van der Waals surface area contributed by atoms with Gasteiger partial charge in [0.05, 0.1) is 7.11 Å². The number of aromatic nitrogens is 3. The van der Waals surface area contributed by atoms with Crippen molar-refractivity contribution in [2.45, 2.75) is 11.8 Å². The molecule has 1 aromatic heterocycles. The van der Waals surface area contributed by atoms with Crippen LogP contribution in [0.2, 0.25) is 0 Å². The molecule has 0 bridgehead atoms. The molecule has 0 N–H and O–H groups in total. The molecule has 3 aromatic rings.